The Balaban J connectivity index is 1.62. The van der Waals surface area contributed by atoms with Crippen LogP contribution in [0.25, 0.3) is 11.0 Å². The normalized spacial score (nSPS) is 16.2. The van der Waals surface area contributed by atoms with E-state index in [1.807, 2.05) is 6.07 Å². The second-order valence-corrected chi connectivity index (χ2v) is 6.46. The summed E-state index contributed by atoms with van der Waals surface area (Å²) < 4.78 is 5.31. The lowest BCUT2D eigenvalue weighted by Crippen LogP contribution is -2.09. The first-order chi connectivity index (χ1) is 10.8. The summed E-state index contributed by atoms with van der Waals surface area (Å²) in [6, 6.07) is 7.14. The minimum absolute atomic E-state index is 0.101. The second-order valence-electron chi connectivity index (χ2n) is 6.46. The maximum Gasteiger partial charge on any atom is 0.343 e. The average Bonchev–Trinajstić information content (AvgIpc) is 2.55. The molecule has 0 atom stereocenters. The van der Waals surface area contributed by atoms with E-state index in [0.717, 1.165) is 18.8 Å². The molecule has 0 amide bonds. The van der Waals surface area contributed by atoms with Crippen LogP contribution < -0.4 is 5.63 Å². The molecule has 1 aromatic carbocycles. The van der Waals surface area contributed by atoms with Crippen molar-refractivity contribution in [3.8, 4) is 5.75 Å². The van der Waals surface area contributed by atoms with Crippen molar-refractivity contribution in [2.24, 2.45) is 5.92 Å². The molecule has 3 nitrogen and oxygen atoms in total. The Labute approximate surface area is 131 Å². The molecule has 1 N–H and O–H groups in total. The van der Waals surface area contributed by atoms with Crippen molar-refractivity contribution in [1.29, 1.82) is 0 Å². The molecule has 2 aromatic rings. The summed E-state index contributed by atoms with van der Waals surface area (Å²) >= 11 is 0. The van der Waals surface area contributed by atoms with Crippen molar-refractivity contribution in [2.45, 2.75) is 57.8 Å². The van der Waals surface area contributed by atoms with E-state index < -0.39 is 5.63 Å². The van der Waals surface area contributed by atoms with Gasteiger partial charge in [-0.2, -0.15) is 0 Å². The van der Waals surface area contributed by atoms with Crippen LogP contribution in [0.2, 0.25) is 0 Å². The number of aromatic hydroxyl groups is 1. The van der Waals surface area contributed by atoms with Crippen LogP contribution in [0.5, 0.6) is 5.75 Å². The first kappa shape index (κ1) is 15.1. The third-order valence-corrected chi connectivity index (χ3v) is 4.89. The number of para-hydroxylation sites is 1. The van der Waals surface area contributed by atoms with Crippen LogP contribution in [0.3, 0.4) is 0 Å². The molecule has 0 saturated heterocycles. The van der Waals surface area contributed by atoms with Gasteiger partial charge in [-0.3, -0.25) is 0 Å². The first-order valence-electron chi connectivity index (χ1n) is 8.49. The Morgan fingerprint density at radius 3 is 2.68 bits per heavy atom. The van der Waals surface area contributed by atoms with Gasteiger partial charge in [-0.1, -0.05) is 57.1 Å². The molecule has 0 spiro atoms. The third kappa shape index (κ3) is 3.34. The van der Waals surface area contributed by atoms with Gasteiger partial charge in [0.2, 0.25) is 0 Å². The van der Waals surface area contributed by atoms with E-state index in [1.54, 1.807) is 18.2 Å². The van der Waals surface area contributed by atoms with Gasteiger partial charge in [0.1, 0.15) is 11.3 Å². The summed E-state index contributed by atoms with van der Waals surface area (Å²) in [6.45, 7) is 0. The molecule has 118 valence electrons. The number of fused-ring (bicyclic) bond motifs is 1. The Bertz CT molecular complexity index is 681. The zero-order valence-corrected chi connectivity index (χ0v) is 13.0. The fourth-order valence-corrected chi connectivity index (χ4v) is 3.60. The highest BCUT2D eigenvalue weighted by molar-refractivity contribution is 5.83. The Kier molecular flexibility index (Phi) is 4.81. The summed E-state index contributed by atoms with van der Waals surface area (Å²) in [7, 11) is 0. The summed E-state index contributed by atoms with van der Waals surface area (Å²) in [6.07, 6.45) is 10.8. The molecule has 22 heavy (non-hydrogen) atoms. The number of hydrogen-bond acceptors (Lipinski definition) is 3. The molecule has 0 bridgehead atoms. The van der Waals surface area contributed by atoms with Crippen LogP contribution in [-0.4, -0.2) is 5.11 Å². The minimum Gasteiger partial charge on any atom is -0.507 e. The van der Waals surface area contributed by atoms with Gasteiger partial charge in [0.05, 0.1) is 10.9 Å². The molecule has 1 saturated carbocycles. The zero-order chi connectivity index (χ0) is 15.4. The van der Waals surface area contributed by atoms with Gasteiger partial charge in [-0.05, 0) is 30.9 Å². The van der Waals surface area contributed by atoms with E-state index >= 15 is 0 Å². The Morgan fingerprint density at radius 2 is 1.86 bits per heavy atom. The molecule has 1 fully saturated rings. The zero-order valence-electron chi connectivity index (χ0n) is 13.0. The molecule has 0 aliphatic heterocycles. The minimum atomic E-state index is -0.395. The first-order valence-corrected chi connectivity index (χ1v) is 8.49. The van der Waals surface area contributed by atoms with Gasteiger partial charge in [0.25, 0.3) is 0 Å². The maximum absolute atomic E-state index is 12.0. The van der Waals surface area contributed by atoms with Crippen molar-refractivity contribution in [1.82, 2.24) is 0 Å². The fraction of sp³-hybridized carbons (Fsp3) is 0.526. The van der Waals surface area contributed by atoms with Crippen molar-refractivity contribution >= 4 is 11.0 Å². The molecule has 1 heterocycles. The van der Waals surface area contributed by atoms with E-state index in [4.69, 9.17) is 4.42 Å². The van der Waals surface area contributed by atoms with E-state index in [0.29, 0.717) is 23.0 Å². The highest BCUT2D eigenvalue weighted by Gasteiger charge is 2.15. The molecule has 3 rings (SSSR count). The van der Waals surface area contributed by atoms with Gasteiger partial charge in [-0.25, -0.2) is 4.79 Å². The van der Waals surface area contributed by atoms with Crippen LogP contribution in [0.4, 0.5) is 0 Å². The number of hydrogen-bond donors (Lipinski definition) is 1. The lowest BCUT2D eigenvalue weighted by atomic mass is 9.85. The monoisotopic (exact) mass is 300 g/mol. The van der Waals surface area contributed by atoms with Gasteiger partial charge in [0, 0.05) is 0 Å². The molecule has 1 aliphatic carbocycles. The van der Waals surface area contributed by atoms with Crippen LogP contribution in [0.1, 0.15) is 56.9 Å². The van der Waals surface area contributed by atoms with Crippen molar-refractivity contribution in [3.63, 3.8) is 0 Å². The summed E-state index contributed by atoms with van der Waals surface area (Å²) in [5, 5.41) is 10.9. The maximum atomic E-state index is 12.0. The van der Waals surface area contributed by atoms with Gasteiger partial charge in [-0.15, -0.1) is 0 Å². The SMILES string of the molecule is O=c1oc2ccccc2c(O)c1CCCCC1CCCCC1. The molecule has 0 radical (unpaired) electrons. The molecule has 1 aromatic heterocycles. The van der Waals surface area contributed by atoms with Gasteiger partial charge < -0.3 is 9.52 Å². The standard InChI is InChI=1S/C19H24O3/c20-18-15-11-6-7-13-17(15)22-19(21)16(18)12-5-4-10-14-8-2-1-3-9-14/h6-7,11,13-14,20H,1-5,8-10,12H2. The smallest absolute Gasteiger partial charge is 0.343 e. The van der Waals surface area contributed by atoms with Crippen molar-refractivity contribution in [3.05, 3.63) is 40.2 Å². The Morgan fingerprint density at radius 1 is 1.09 bits per heavy atom. The van der Waals surface area contributed by atoms with Crippen LogP contribution >= 0.6 is 0 Å². The van der Waals surface area contributed by atoms with Crippen molar-refractivity contribution in [2.75, 3.05) is 0 Å². The molecule has 0 unspecified atom stereocenters. The van der Waals surface area contributed by atoms with Crippen LogP contribution in [0, 0.1) is 5.92 Å². The quantitative estimate of drug-likeness (QED) is 0.638. The van der Waals surface area contributed by atoms with Crippen LogP contribution in [-0.2, 0) is 6.42 Å². The van der Waals surface area contributed by atoms with E-state index in [2.05, 4.69) is 0 Å². The summed E-state index contributed by atoms with van der Waals surface area (Å²) in [5.41, 5.74) is 0.493. The molecular weight excluding hydrogens is 276 g/mol. The average molecular weight is 300 g/mol. The highest BCUT2D eigenvalue weighted by atomic mass is 16.4. The van der Waals surface area contributed by atoms with Crippen molar-refractivity contribution < 1.29 is 9.52 Å². The third-order valence-electron chi connectivity index (χ3n) is 4.89. The molecule has 3 heteroatoms. The number of unbranched alkanes of at least 4 members (excludes halogenated alkanes) is 1. The van der Waals surface area contributed by atoms with Gasteiger partial charge >= 0.3 is 5.63 Å². The molecular formula is C19H24O3. The fourth-order valence-electron chi connectivity index (χ4n) is 3.60. The van der Waals surface area contributed by atoms with Crippen LogP contribution in [0.15, 0.2) is 33.5 Å². The summed E-state index contributed by atoms with van der Waals surface area (Å²) in [4.78, 5) is 12.0. The largest absolute Gasteiger partial charge is 0.507 e. The van der Waals surface area contributed by atoms with E-state index in [-0.39, 0.29) is 5.75 Å². The van der Waals surface area contributed by atoms with E-state index in [1.165, 1.54) is 38.5 Å². The number of rotatable bonds is 5. The van der Waals surface area contributed by atoms with Gasteiger partial charge in [0.15, 0.2) is 0 Å². The topological polar surface area (TPSA) is 50.4 Å². The lowest BCUT2D eigenvalue weighted by Gasteiger charge is -2.21. The highest BCUT2D eigenvalue weighted by Crippen LogP contribution is 2.29. The summed E-state index contributed by atoms with van der Waals surface area (Å²) in [5.74, 6) is 0.972. The second kappa shape index (κ2) is 6.99. The number of benzene rings is 1. The lowest BCUT2D eigenvalue weighted by molar-refractivity contribution is 0.329. The van der Waals surface area contributed by atoms with E-state index in [9.17, 15) is 9.90 Å². The molecule has 1 aliphatic rings. The Hall–Kier alpha value is -1.77. The predicted octanol–water partition coefficient (Wildman–Crippen LogP) is 4.79. The predicted molar refractivity (Wildman–Crippen MR) is 88.3 cm³/mol.